The van der Waals surface area contributed by atoms with Gasteiger partial charge in [-0.1, -0.05) is 0 Å². The number of rotatable bonds is 4. The molecular weight excluding hydrogens is 304 g/mol. The average Bonchev–Trinajstić information content (AvgIpc) is 3.24. The molecule has 3 heterocycles. The van der Waals surface area contributed by atoms with E-state index in [9.17, 15) is 5.26 Å². The third-order valence-electron chi connectivity index (χ3n) is 4.86. The van der Waals surface area contributed by atoms with Crippen LogP contribution in [0, 0.1) is 23.2 Å². The van der Waals surface area contributed by atoms with E-state index in [-0.39, 0.29) is 0 Å². The molecule has 0 spiro atoms. The highest BCUT2D eigenvalue weighted by atomic mass is 15.3. The lowest BCUT2D eigenvalue weighted by Gasteiger charge is -2.16. The fourth-order valence-electron chi connectivity index (χ4n) is 3.71. The highest BCUT2D eigenvalue weighted by molar-refractivity contribution is 5.56. The Labute approximate surface area is 140 Å². The standard InChI is InChI=1S/C16H20N8/c1-24-3-2-14(23-24)21-16-19-9-12(6-17)15(22-16)20-13-4-10-7-18-8-11(10)5-13/h2-3,9-11,13,18H,4-5,7-8H2,1H3,(H2,19,20,21,22,23). The van der Waals surface area contributed by atoms with Crippen molar-refractivity contribution in [1.29, 1.82) is 5.26 Å². The fourth-order valence-corrected chi connectivity index (χ4v) is 3.71. The summed E-state index contributed by atoms with van der Waals surface area (Å²) in [4.78, 5) is 8.69. The van der Waals surface area contributed by atoms with Crippen LogP contribution < -0.4 is 16.0 Å². The molecule has 2 unspecified atom stereocenters. The quantitative estimate of drug-likeness (QED) is 0.777. The summed E-state index contributed by atoms with van der Waals surface area (Å²) >= 11 is 0. The summed E-state index contributed by atoms with van der Waals surface area (Å²) in [5.41, 5.74) is 0.469. The molecule has 24 heavy (non-hydrogen) atoms. The zero-order chi connectivity index (χ0) is 16.5. The first-order chi connectivity index (χ1) is 11.7. The van der Waals surface area contributed by atoms with Gasteiger partial charge in [-0.15, -0.1) is 0 Å². The summed E-state index contributed by atoms with van der Waals surface area (Å²) in [6.07, 6.45) is 5.64. The van der Waals surface area contributed by atoms with Gasteiger partial charge in [-0.25, -0.2) is 4.98 Å². The molecule has 2 aliphatic rings. The number of anilines is 3. The molecule has 1 saturated heterocycles. The van der Waals surface area contributed by atoms with E-state index in [1.165, 1.54) is 0 Å². The molecule has 1 aliphatic carbocycles. The van der Waals surface area contributed by atoms with Gasteiger partial charge in [0.2, 0.25) is 5.95 Å². The Morgan fingerprint density at radius 3 is 2.79 bits per heavy atom. The van der Waals surface area contributed by atoms with E-state index in [0.29, 0.717) is 29.2 Å². The number of nitrogens with zero attached hydrogens (tertiary/aromatic N) is 5. The van der Waals surface area contributed by atoms with Crippen molar-refractivity contribution in [3.8, 4) is 6.07 Å². The monoisotopic (exact) mass is 324 g/mol. The number of hydrogen-bond donors (Lipinski definition) is 3. The lowest BCUT2D eigenvalue weighted by atomic mass is 10.0. The van der Waals surface area contributed by atoms with Crippen molar-refractivity contribution in [2.45, 2.75) is 18.9 Å². The lowest BCUT2D eigenvalue weighted by molar-refractivity contribution is 0.494. The summed E-state index contributed by atoms with van der Waals surface area (Å²) < 4.78 is 1.70. The largest absolute Gasteiger partial charge is 0.366 e. The van der Waals surface area contributed by atoms with Crippen molar-refractivity contribution >= 4 is 17.6 Å². The summed E-state index contributed by atoms with van der Waals surface area (Å²) in [5.74, 6) is 3.19. The Morgan fingerprint density at radius 1 is 1.33 bits per heavy atom. The van der Waals surface area contributed by atoms with Crippen molar-refractivity contribution in [2.75, 3.05) is 23.7 Å². The first-order valence-corrected chi connectivity index (χ1v) is 8.22. The van der Waals surface area contributed by atoms with Crippen LogP contribution in [0.5, 0.6) is 0 Å². The Balaban J connectivity index is 1.50. The van der Waals surface area contributed by atoms with Gasteiger partial charge in [0.1, 0.15) is 17.5 Å². The number of aromatic nitrogens is 4. The summed E-state index contributed by atoms with van der Waals surface area (Å²) in [5, 5.41) is 23.5. The van der Waals surface area contributed by atoms with E-state index in [4.69, 9.17) is 0 Å². The third-order valence-corrected chi connectivity index (χ3v) is 4.86. The molecule has 2 aromatic rings. The van der Waals surface area contributed by atoms with Crippen LogP contribution in [0.4, 0.5) is 17.6 Å². The minimum atomic E-state index is 0.367. The van der Waals surface area contributed by atoms with Gasteiger partial charge in [0.05, 0.1) is 6.20 Å². The maximum Gasteiger partial charge on any atom is 0.230 e. The van der Waals surface area contributed by atoms with E-state index in [2.05, 4.69) is 37.1 Å². The van der Waals surface area contributed by atoms with Gasteiger partial charge in [-0.3, -0.25) is 4.68 Å². The lowest BCUT2D eigenvalue weighted by Crippen LogP contribution is -2.22. The smallest absolute Gasteiger partial charge is 0.230 e. The summed E-state index contributed by atoms with van der Waals surface area (Å²) in [6, 6.07) is 4.38. The molecule has 8 heteroatoms. The number of aryl methyl sites for hydroxylation is 1. The second-order valence-corrected chi connectivity index (χ2v) is 6.56. The number of nitrogens with one attached hydrogen (secondary N) is 3. The average molecular weight is 324 g/mol. The predicted octanol–water partition coefficient (Wildman–Crippen LogP) is 1.24. The molecule has 2 fully saturated rings. The normalized spacial score (nSPS) is 25.2. The molecular formula is C16H20N8. The predicted molar refractivity (Wildman–Crippen MR) is 89.7 cm³/mol. The van der Waals surface area contributed by atoms with Crippen molar-refractivity contribution in [3.05, 3.63) is 24.0 Å². The minimum absolute atomic E-state index is 0.367. The first-order valence-electron chi connectivity index (χ1n) is 8.22. The van der Waals surface area contributed by atoms with E-state index >= 15 is 0 Å². The SMILES string of the molecule is Cn1ccc(Nc2ncc(C#N)c(NC3CC4CNCC4C3)n2)n1. The molecule has 0 bridgehead atoms. The Bertz CT molecular complexity index is 765. The molecule has 0 amide bonds. The van der Waals surface area contributed by atoms with Gasteiger partial charge in [0, 0.05) is 25.4 Å². The highest BCUT2D eigenvalue weighted by Gasteiger charge is 2.37. The van der Waals surface area contributed by atoms with Crippen LogP contribution in [0.2, 0.25) is 0 Å². The van der Waals surface area contributed by atoms with E-state index in [1.807, 2.05) is 19.3 Å². The summed E-state index contributed by atoms with van der Waals surface area (Å²) in [7, 11) is 1.85. The van der Waals surface area contributed by atoms with Gasteiger partial charge < -0.3 is 16.0 Å². The molecule has 1 saturated carbocycles. The Hall–Kier alpha value is -2.66. The van der Waals surface area contributed by atoms with Crippen LogP contribution in [0.1, 0.15) is 18.4 Å². The van der Waals surface area contributed by atoms with Gasteiger partial charge in [0.25, 0.3) is 0 Å². The van der Waals surface area contributed by atoms with Crippen molar-refractivity contribution < 1.29 is 0 Å². The molecule has 0 aromatic carbocycles. The topological polar surface area (TPSA) is 103 Å². The number of hydrogen-bond acceptors (Lipinski definition) is 7. The molecule has 8 nitrogen and oxygen atoms in total. The zero-order valence-corrected chi connectivity index (χ0v) is 13.5. The molecule has 2 atom stereocenters. The number of fused-ring (bicyclic) bond motifs is 1. The van der Waals surface area contributed by atoms with Crippen LogP contribution in [0.15, 0.2) is 18.5 Å². The van der Waals surface area contributed by atoms with Gasteiger partial charge in [-0.2, -0.15) is 15.3 Å². The van der Waals surface area contributed by atoms with Gasteiger partial charge >= 0.3 is 0 Å². The van der Waals surface area contributed by atoms with E-state index in [1.54, 1.807) is 10.9 Å². The number of nitriles is 1. The molecule has 4 rings (SSSR count). The Morgan fingerprint density at radius 2 is 2.12 bits per heavy atom. The zero-order valence-electron chi connectivity index (χ0n) is 13.5. The third kappa shape index (κ3) is 2.90. The maximum atomic E-state index is 9.32. The van der Waals surface area contributed by atoms with Crippen LogP contribution in [0.25, 0.3) is 0 Å². The second kappa shape index (κ2) is 6.09. The van der Waals surface area contributed by atoms with Crippen molar-refractivity contribution in [3.63, 3.8) is 0 Å². The van der Waals surface area contributed by atoms with Gasteiger partial charge in [0.15, 0.2) is 5.82 Å². The minimum Gasteiger partial charge on any atom is -0.366 e. The fraction of sp³-hybridized carbons (Fsp3) is 0.500. The van der Waals surface area contributed by atoms with Gasteiger partial charge in [-0.05, 0) is 37.8 Å². The summed E-state index contributed by atoms with van der Waals surface area (Å²) in [6.45, 7) is 2.20. The molecule has 3 N–H and O–H groups in total. The van der Waals surface area contributed by atoms with Crippen LogP contribution in [-0.4, -0.2) is 38.9 Å². The molecule has 1 aliphatic heterocycles. The van der Waals surface area contributed by atoms with E-state index < -0.39 is 0 Å². The van der Waals surface area contributed by atoms with E-state index in [0.717, 1.165) is 37.8 Å². The second-order valence-electron chi connectivity index (χ2n) is 6.56. The van der Waals surface area contributed by atoms with Crippen LogP contribution >= 0.6 is 0 Å². The highest BCUT2D eigenvalue weighted by Crippen LogP contribution is 2.36. The Kier molecular flexibility index (Phi) is 3.78. The van der Waals surface area contributed by atoms with Crippen molar-refractivity contribution in [2.24, 2.45) is 18.9 Å². The first kappa shape index (κ1) is 14.9. The van der Waals surface area contributed by atoms with Crippen LogP contribution in [0.3, 0.4) is 0 Å². The molecule has 124 valence electrons. The van der Waals surface area contributed by atoms with Crippen LogP contribution in [-0.2, 0) is 7.05 Å². The molecule has 0 radical (unpaired) electrons. The molecule has 2 aromatic heterocycles. The van der Waals surface area contributed by atoms with Crippen molar-refractivity contribution in [1.82, 2.24) is 25.1 Å². The maximum absolute atomic E-state index is 9.32.